The summed E-state index contributed by atoms with van der Waals surface area (Å²) < 4.78 is 0. The molecule has 0 atom stereocenters. The van der Waals surface area contributed by atoms with Crippen LogP contribution in [0.5, 0.6) is 0 Å². The average molecular weight is 255 g/mol. The largest absolute Gasteiger partial charge is 0.338 e. The van der Waals surface area contributed by atoms with Gasteiger partial charge in [0, 0.05) is 25.6 Å². The predicted molar refractivity (Wildman–Crippen MR) is 75.7 cm³/mol. The molecule has 18 heavy (non-hydrogen) atoms. The van der Waals surface area contributed by atoms with Crippen LogP contribution in [0.3, 0.4) is 0 Å². The van der Waals surface area contributed by atoms with Crippen molar-refractivity contribution >= 4 is 5.91 Å². The standard InChI is InChI=1S/C14H29N3O/c1-15-10-6-9-14(18)17(12-11-16(2)3)13-7-4-5-8-13/h13,15H,4-12H2,1-3H3. The molecule has 1 amide bonds. The van der Waals surface area contributed by atoms with Gasteiger partial charge in [-0.15, -0.1) is 0 Å². The van der Waals surface area contributed by atoms with Gasteiger partial charge in [0.05, 0.1) is 0 Å². The van der Waals surface area contributed by atoms with Gasteiger partial charge in [-0.2, -0.15) is 0 Å². The molecule has 1 fully saturated rings. The van der Waals surface area contributed by atoms with Gasteiger partial charge in [0.15, 0.2) is 0 Å². The van der Waals surface area contributed by atoms with Crippen LogP contribution in [0.2, 0.25) is 0 Å². The lowest BCUT2D eigenvalue weighted by molar-refractivity contribution is -0.133. The Morgan fingerprint density at radius 1 is 1.22 bits per heavy atom. The van der Waals surface area contributed by atoms with Crippen molar-refractivity contribution in [2.45, 2.75) is 44.6 Å². The van der Waals surface area contributed by atoms with Crippen LogP contribution in [0, 0.1) is 0 Å². The van der Waals surface area contributed by atoms with E-state index in [4.69, 9.17) is 0 Å². The lowest BCUT2D eigenvalue weighted by Gasteiger charge is -2.30. The molecule has 0 spiro atoms. The molecule has 1 saturated carbocycles. The summed E-state index contributed by atoms with van der Waals surface area (Å²) in [4.78, 5) is 16.6. The third kappa shape index (κ3) is 5.36. The highest BCUT2D eigenvalue weighted by molar-refractivity contribution is 5.76. The van der Waals surface area contributed by atoms with Crippen molar-refractivity contribution in [1.29, 1.82) is 0 Å². The smallest absolute Gasteiger partial charge is 0.222 e. The predicted octanol–water partition coefficient (Wildman–Crippen LogP) is 1.32. The zero-order chi connectivity index (χ0) is 13.4. The van der Waals surface area contributed by atoms with Gasteiger partial charge in [-0.3, -0.25) is 4.79 Å². The van der Waals surface area contributed by atoms with E-state index in [1.54, 1.807) is 0 Å². The van der Waals surface area contributed by atoms with Gasteiger partial charge in [0.25, 0.3) is 0 Å². The number of rotatable bonds is 8. The molecule has 0 unspecified atom stereocenters. The van der Waals surface area contributed by atoms with Crippen LogP contribution in [0.15, 0.2) is 0 Å². The fourth-order valence-corrected chi connectivity index (χ4v) is 2.59. The summed E-state index contributed by atoms with van der Waals surface area (Å²) in [6.07, 6.45) is 6.60. The van der Waals surface area contributed by atoms with E-state index in [1.165, 1.54) is 25.7 Å². The molecule has 1 rings (SSSR count). The molecule has 0 radical (unpaired) electrons. The molecule has 0 aromatic heterocycles. The monoisotopic (exact) mass is 255 g/mol. The molecule has 0 aliphatic heterocycles. The van der Waals surface area contributed by atoms with Crippen LogP contribution in [-0.2, 0) is 4.79 Å². The first-order valence-electron chi connectivity index (χ1n) is 7.24. The van der Waals surface area contributed by atoms with E-state index in [2.05, 4.69) is 29.2 Å². The van der Waals surface area contributed by atoms with Crippen LogP contribution in [0.4, 0.5) is 0 Å². The topological polar surface area (TPSA) is 35.6 Å². The van der Waals surface area contributed by atoms with Crippen LogP contribution in [0.25, 0.3) is 0 Å². The second-order valence-corrected chi connectivity index (χ2v) is 5.54. The van der Waals surface area contributed by atoms with Crippen molar-refractivity contribution in [3.05, 3.63) is 0 Å². The zero-order valence-electron chi connectivity index (χ0n) is 12.2. The molecular weight excluding hydrogens is 226 g/mol. The first-order chi connectivity index (χ1) is 8.65. The number of carbonyl (C=O) groups is 1. The summed E-state index contributed by atoms with van der Waals surface area (Å²) in [6.45, 7) is 2.78. The summed E-state index contributed by atoms with van der Waals surface area (Å²) in [6, 6.07) is 0.507. The minimum Gasteiger partial charge on any atom is -0.338 e. The second-order valence-electron chi connectivity index (χ2n) is 5.54. The van der Waals surface area contributed by atoms with Crippen LogP contribution < -0.4 is 5.32 Å². The molecule has 0 heterocycles. The molecule has 0 saturated heterocycles. The third-order valence-corrected chi connectivity index (χ3v) is 3.69. The van der Waals surface area contributed by atoms with Crippen LogP contribution in [0.1, 0.15) is 38.5 Å². The minimum atomic E-state index is 0.346. The van der Waals surface area contributed by atoms with Gasteiger partial charge < -0.3 is 15.1 Å². The molecule has 4 nitrogen and oxygen atoms in total. The molecule has 106 valence electrons. The summed E-state index contributed by atoms with van der Waals surface area (Å²) in [5.41, 5.74) is 0. The van der Waals surface area contributed by atoms with E-state index in [0.29, 0.717) is 18.4 Å². The van der Waals surface area contributed by atoms with Crippen molar-refractivity contribution in [3.8, 4) is 0 Å². The molecule has 1 aliphatic rings. The molecule has 0 bridgehead atoms. The van der Waals surface area contributed by atoms with Gasteiger partial charge in [-0.05, 0) is 47.0 Å². The highest BCUT2D eigenvalue weighted by Crippen LogP contribution is 2.24. The van der Waals surface area contributed by atoms with E-state index in [-0.39, 0.29) is 0 Å². The van der Waals surface area contributed by atoms with Crippen molar-refractivity contribution in [1.82, 2.24) is 15.1 Å². The van der Waals surface area contributed by atoms with Gasteiger partial charge in [-0.25, -0.2) is 0 Å². The van der Waals surface area contributed by atoms with E-state index >= 15 is 0 Å². The Morgan fingerprint density at radius 2 is 1.89 bits per heavy atom. The summed E-state index contributed by atoms with van der Waals surface area (Å²) in [5, 5.41) is 3.10. The Kier molecular flexibility index (Phi) is 7.28. The number of nitrogens with zero attached hydrogens (tertiary/aromatic N) is 2. The maximum atomic E-state index is 12.3. The first-order valence-corrected chi connectivity index (χ1v) is 7.24. The maximum absolute atomic E-state index is 12.3. The highest BCUT2D eigenvalue weighted by atomic mass is 16.2. The summed E-state index contributed by atoms with van der Waals surface area (Å²) in [5.74, 6) is 0.346. The number of amides is 1. The Balaban J connectivity index is 2.44. The van der Waals surface area contributed by atoms with E-state index in [1.807, 2.05) is 7.05 Å². The number of hydrogen-bond acceptors (Lipinski definition) is 3. The molecule has 1 aliphatic carbocycles. The quantitative estimate of drug-likeness (QED) is 0.665. The third-order valence-electron chi connectivity index (χ3n) is 3.69. The number of likely N-dealkylation sites (N-methyl/N-ethyl adjacent to an activating group) is 1. The Hall–Kier alpha value is -0.610. The normalized spacial score (nSPS) is 16.4. The van der Waals surface area contributed by atoms with Crippen molar-refractivity contribution in [2.75, 3.05) is 40.8 Å². The van der Waals surface area contributed by atoms with Gasteiger partial charge >= 0.3 is 0 Å². The fourth-order valence-electron chi connectivity index (χ4n) is 2.59. The van der Waals surface area contributed by atoms with E-state index in [9.17, 15) is 4.79 Å². The Morgan fingerprint density at radius 3 is 2.44 bits per heavy atom. The number of hydrogen-bond donors (Lipinski definition) is 1. The fraction of sp³-hybridized carbons (Fsp3) is 0.929. The molecule has 0 aromatic rings. The lowest BCUT2D eigenvalue weighted by atomic mass is 10.1. The summed E-state index contributed by atoms with van der Waals surface area (Å²) in [7, 11) is 6.07. The van der Waals surface area contributed by atoms with E-state index < -0.39 is 0 Å². The van der Waals surface area contributed by atoms with Crippen molar-refractivity contribution in [3.63, 3.8) is 0 Å². The van der Waals surface area contributed by atoms with Crippen molar-refractivity contribution < 1.29 is 4.79 Å². The SMILES string of the molecule is CNCCCC(=O)N(CCN(C)C)C1CCCC1. The number of nitrogens with one attached hydrogen (secondary N) is 1. The lowest BCUT2D eigenvalue weighted by Crippen LogP contribution is -2.42. The molecule has 4 heteroatoms. The number of carbonyl (C=O) groups excluding carboxylic acids is 1. The van der Waals surface area contributed by atoms with E-state index in [0.717, 1.165) is 26.1 Å². The second kappa shape index (κ2) is 8.48. The molecular formula is C14H29N3O. The average Bonchev–Trinajstić information content (AvgIpc) is 2.83. The van der Waals surface area contributed by atoms with Gasteiger partial charge in [-0.1, -0.05) is 12.8 Å². The summed E-state index contributed by atoms with van der Waals surface area (Å²) >= 11 is 0. The first kappa shape index (κ1) is 15.4. The Bertz CT molecular complexity index is 237. The molecule has 1 N–H and O–H groups in total. The van der Waals surface area contributed by atoms with Crippen LogP contribution in [-0.4, -0.2) is 62.5 Å². The van der Waals surface area contributed by atoms with Gasteiger partial charge in [0.2, 0.25) is 5.91 Å². The molecule has 0 aromatic carbocycles. The maximum Gasteiger partial charge on any atom is 0.222 e. The van der Waals surface area contributed by atoms with Crippen molar-refractivity contribution in [2.24, 2.45) is 0 Å². The van der Waals surface area contributed by atoms with Crippen LogP contribution >= 0.6 is 0 Å². The highest BCUT2D eigenvalue weighted by Gasteiger charge is 2.25. The minimum absolute atomic E-state index is 0.346. The zero-order valence-corrected chi connectivity index (χ0v) is 12.2. The Labute approximate surface area is 112 Å². The van der Waals surface area contributed by atoms with Gasteiger partial charge in [0.1, 0.15) is 0 Å².